The number of rotatable bonds is 2. The summed E-state index contributed by atoms with van der Waals surface area (Å²) >= 11 is 0. The molecule has 1 radical (unpaired) electrons. The Kier molecular flexibility index (Phi) is 2.87. The maximum Gasteiger partial charge on any atom is 0.0227 e. The van der Waals surface area contributed by atoms with E-state index in [1.807, 2.05) is 42.5 Å². The fraction of sp³-hybridized carbons (Fsp3) is 0.100. The molecular weight excluding hydrogens is 134 g/mol. The lowest BCUT2D eigenvalue weighted by molar-refractivity contribution is 1.03. The standard InChI is InChI=1S/C10H12N/c1-9(11)7-8-10-5-3-2-4-6-10/h2-9H,1,11H2. The summed E-state index contributed by atoms with van der Waals surface area (Å²) in [4.78, 5) is 0. The van der Waals surface area contributed by atoms with Crippen LogP contribution in [0.15, 0.2) is 36.4 Å². The van der Waals surface area contributed by atoms with Crippen LogP contribution in [0.3, 0.4) is 0 Å². The summed E-state index contributed by atoms with van der Waals surface area (Å²) in [6, 6.07) is 9.91. The SMILES string of the molecule is [CH2]C(N)C=Cc1ccccc1. The zero-order valence-electron chi connectivity index (χ0n) is 6.40. The Morgan fingerprint density at radius 1 is 1.27 bits per heavy atom. The lowest BCUT2D eigenvalue weighted by Gasteiger charge is -1.94. The maximum atomic E-state index is 5.44. The van der Waals surface area contributed by atoms with Gasteiger partial charge >= 0.3 is 0 Å². The van der Waals surface area contributed by atoms with Gasteiger partial charge < -0.3 is 5.73 Å². The van der Waals surface area contributed by atoms with E-state index < -0.39 is 0 Å². The number of nitrogens with two attached hydrogens (primary N) is 1. The smallest absolute Gasteiger partial charge is 0.0227 e. The predicted molar refractivity (Wildman–Crippen MR) is 48.8 cm³/mol. The molecule has 0 aromatic heterocycles. The van der Waals surface area contributed by atoms with Crippen molar-refractivity contribution in [1.82, 2.24) is 0 Å². The fourth-order valence-electron chi connectivity index (χ4n) is 0.799. The van der Waals surface area contributed by atoms with E-state index in [0.29, 0.717) is 0 Å². The van der Waals surface area contributed by atoms with Crippen molar-refractivity contribution in [1.29, 1.82) is 0 Å². The van der Waals surface area contributed by atoms with Crippen LogP contribution in [-0.4, -0.2) is 6.04 Å². The van der Waals surface area contributed by atoms with Crippen molar-refractivity contribution < 1.29 is 0 Å². The third-order valence-corrected chi connectivity index (χ3v) is 1.34. The molecule has 0 saturated heterocycles. The molecular formula is C10H12N. The topological polar surface area (TPSA) is 26.0 Å². The molecule has 0 fully saturated rings. The third kappa shape index (κ3) is 3.01. The second kappa shape index (κ2) is 3.94. The summed E-state index contributed by atoms with van der Waals surface area (Å²) in [7, 11) is 0. The average Bonchev–Trinajstić information content (AvgIpc) is 2.03. The van der Waals surface area contributed by atoms with Crippen molar-refractivity contribution in [3.05, 3.63) is 48.9 Å². The van der Waals surface area contributed by atoms with Crippen LogP contribution in [0.4, 0.5) is 0 Å². The Labute approximate surface area is 67.5 Å². The van der Waals surface area contributed by atoms with Crippen molar-refractivity contribution in [2.45, 2.75) is 6.04 Å². The van der Waals surface area contributed by atoms with Crippen LogP contribution in [0.5, 0.6) is 0 Å². The molecule has 0 heterocycles. The lowest BCUT2D eigenvalue weighted by Crippen LogP contribution is -2.10. The molecule has 1 nitrogen and oxygen atoms in total. The minimum atomic E-state index is -0.116. The largest absolute Gasteiger partial charge is 0.324 e. The molecule has 57 valence electrons. The highest BCUT2D eigenvalue weighted by atomic mass is 14.6. The van der Waals surface area contributed by atoms with Gasteiger partial charge in [0, 0.05) is 6.04 Å². The first-order chi connectivity index (χ1) is 5.29. The third-order valence-electron chi connectivity index (χ3n) is 1.34. The van der Waals surface area contributed by atoms with Gasteiger partial charge in [0.05, 0.1) is 0 Å². The van der Waals surface area contributed by atoms with Crippen LogP contribution in [0.25, 0.3) is 6.08 Å². The average molecular weight is 146 g/mol. The normalized spacial score (nSPS) is 13.6. The zero-order chi connectivity index (χ0) is 8.10. The first kappa shape index (κ1) is 8.02. The fourth-order valence-corrected chi connectivity index (χ4v) is 0.799. The molecule has 2 N–H and O–H groups in total. The first-order valence-electron chi connectivity index (χ1n) is 3.61. The maximum absolute atomic E-state index is 5.44. The molecule has 0 spiro atoms. The lowest BCUT2D eigenvalue weighted by atomic mass is 10.2. The highest BCUT2D eigenvalue weighted by Crippen LogP contribution is 2.00. The Hall–Kier alpha value is -1.08. The van der Waals surface area contributed by atoms with Crippen molar-refractivity contribution in [3.63, 3.8) is 0 Å². The van der Waals surface area contributed by atoms with E-state index >= 15 is 0 Å². The molecule has 1 aromatic carbocycles. The van der Waals surface area contributed by atoms with Gasteiger partial charge in [0.1, 0.15) is 0 Å². The number of benzene rings is 1. The van der Waals surface area contributed by atoms with Crippen molar-refractivity contribution >= 4 is 6.08 Å². The highest BCUT2D eigenvalue weighted by molar-refractivity contribution is 5.49. The molecule has 0 amide bonds. The summed E-state index contributed by atoms with van der Waals surface area (Å²) in [5.74, 6) is 0. The zero-order valence-corrected chi connectivity index (χ0v) is 6.40. The van der Waals surface area contributed by atoms with E-state index in [2.05, 4.69) is 6.92 Å². The quantitative estimate of drug-likeness (QED) is 0.677. The summed E-state index contributed by atoms with van der Waals surface area (Å²) in [5, 5.41) is 0. The van der Waals surface area contributed by atoms with Crippen molar-refractivity contribution in [3.8, 4) is 0 Å². The summed E-state index contributed by atoms with van der Waals surface area (Å²) in [6.45, 7) is 3.64. The van der Waals surface area contributed by atoms with Gasteiger partial charge in [-0.15, -0.1) is 0 Å². The van der Waals surface area contributed by atoms with Crippen molar-refractivity contribution in [2.75, 3.05) is 0 Å². The van der Waals surface area contributed by atoms with E-state index in [4.69, 9.17) is 5.73 Å². The van der Waals surface area contributed by atoms with Crippen molar-refractivity contribution in [2.24, 2.45) is 5.73 Å². The first-order valence-corrected chi connectivity index (χ1v) is 3.61. The Balaban J connectivity index is 2.65. The van der Waals surface area contributed by atoms with Gasteiger partial charge in [0.2, 0.25) is 0 Å². The van der Waals surface area contributed by atoms with Crippen LogP contribution < -0.4 is 5.73 Å². The molecule has 1 rings (SSSR count). The Morgan fingerprint density at radius 3 is 2.45 bits per heavy atom. The van der Waals surface area contributed by atoms with Crippen LogP contribution in [-0.2, 0) is 0 Å². The van der Waals surface area contributed by atoms with E-state index in [1.165, 1.54) is 0 Å². The molecule has 0 aliphatic rings. The van der Waals surface area contributed by atoms with E-state index in [9.17, 15) is 0 Å². The molecule has 0 aliphatic heterocycles. The van der Waals surface area contributed by atoms with Gasteiger partial charge in [-0.3, -0.25) is 0 Å². The van der Waals surface area contributed by atoms with E-state index in [-0.39, 0.29) is 6.04 Å². The second-order valence-electron chi connectivity index (χ2n) is 2.43. The van der Waals surface area contributed by atoms with E-state index in [1.54, 1.807) is 0 Å². The second-order valence-corrected chi connectivity index (χ2v) is 2.43. The van der Waals surface area contributed by atoms with Crippen LogP contribution in [0, 0.1) is 6.92 Å². The summed E-state index contributed by atoms with van der Waals surface area (Å²) < 4.78 is 0. The summed E-state index contributed by atoms with van der Waals surface area (Å²) in [6.07, 6.45) is 3.84. The predicted octanol–water partition coefficient (Wildman–Crippen LogP) is 1.86. The van der Waals surface area contributed by atoms with Gasteiger partial charge in [0.15, 0.2) is 0 Å². The Morgan fingerprint density at radius 2 is 1.91 bits per heavy atom. The van der Waals surface area contributed by atoms with Crippen LogP contribution in [0.2, 0.25) is 0 Å². The summed E-state index contributed by atoms with van der Waals surface area (Å²) in [5.41, 5.74) is 6.60. The molecule has 1 unspecified atom stereocenters. The molecule has 1 heteroatoms. The molecule has 0 saturated carbocycles. The minimum absolute atomic E-state index is 0.116. The van der Waals surface area contributed by atoms with Gasteiger partial charge in [0.25, 0.3) is 0 Å². The molecule has 1 aromatic rings. The van der Waals surface area contributed by atoms with Gasteiger partial charge in [-0.05, 0) is 12.5 Å². The van der Waals surface area contributed by atoms with Gasteiger partial charge in [-0.25, -0.2) is 0 Å². The molecule has 1 atom stereocenters. The van der Waals surface area contributed by atoms with Gasteiger partial charge in [-0.2, -0.15) is 0 Å². The van der Waals surface area contributed by atoms with Crippen LogP contribution in [0.1, 0.15) is 5.56 Å². The minimum Gasteiger partial charge on any atom is -0.324 e. The highest BCUT2D eigenvalue weighted by Gasteiger charge is 1.84. The number of hydrogen-bond donors (Lipinski definition) is 1. The van der Waals surface area contributed by atoms with E-state index in [0.717, 1.165) is 5.56 Å². The molecule has 0 bridgehead atoms. The molecule has 0 aliphatic carbocycles. The molecule has 11 heavy (non-hydrogen) atoms. The monoisotopic (exact) mass is 146 g/mol. The Bertz CT molecular complexity index is 224. The van der Waals surface area contributed by atoms with Crippen LogP contribution >= 0.6 is 0 Å². The van der Waals surface area contributed by atoms with Gasteiger partial charge in [-0.1, -0.05) is 42.5 Å². The number of hydrogen-bond acceptors (Lipinski definition) is 1.